The number of amides is 4. The second-order valence-corrected chi connectivity index (χ2v) is 7.12. The van der Waals surface area contributed by atoms with Crippen molar-refractivity contribution < 1.29 is 14.4 Å². The Kier molecular flexibility index (Phi) is 4.57. The van der Waals surface area contributed by atoms with E-state index in [1.165, 1.54) is 4.68 Å². The van der Waals surface area contributed by atoms with Crippen molar-refractivity contribution >= 4 is 39.6 Å². The number of nitrogens with zero attached hydrogens (tertiary/aromatic N) is 3. The molecule has 8 nitrogen and oxygen atoms in total. The molecule has 26 heavy (non-hydrogen) atoms. The van der Waals surface area contributed by atoms with Gasteiger partial charge in [0.25, 0.3) is 5.91 Å². The van der Waals surface area contributed by atoms with Gasteiger partial charge in [0.2, 0.25) is 5.91 Å². The number of rotatable bonds is 4. The van der Waals surface area contributed by atoms with Crippen LogP contribution in [0.25, 0.3) is 0 Å². The topological polar surface area (TPSA) is 96.3 Å². The van der Waals surface area contributed by atoms with Crippen LogP contribution in [0.3, 0.4) is 0 Å². The predicted octanol–water partition coefficient (Wildman–Crippen LogP) is 1.90. The molecule has 0 spiro atoms. The van der Waals surface area contributed by atoms with Crippen LogP contribution in [0.5, 0.6) is 0 Å². The highest BCUT2D eigenvalue weighted by Gasteiger charge is 2.50. The largest absolute Gasteiger partial charge is 0.325 e. The molecule has 9 heteroatoms. The number of anilines is 1. The van der Waals surface area contributed by atoms with E-state index in [1.54, 1.807) is 45.2 Å². The van der Waals surface area contributed by atoms with Gasteiger partial charge in [-0.3, -0.25) is 19.2 Å². The second-order valence-electron chi connectivity index (χ2n) is 6.27. The maximum atomic E-state index is 12.9. The van der Waals surface area contributed by atoms with Crippen LogP contribution in [-0.2, 0) is 22.2 Å². The molecule has 0 aliphatic carbocycles. The predicted molar refractivity (Wildman–Crippen MR) is 98.3 cm³/mol. The highest BCUT2D eigenvalue weighted by molar-refractivity contribution is 9.10. The van der Waals surface area contributed by atoms with E-state index in [9.17, 15) is 14.4 Å². The first-order valence-electron chi connectivity index (χ1n) is 7.92. The fourth-order valence-electron chi connectivity index (χ4n) is 2.94. The number of carbonyl (C=O) groups is 3. The van der Waals surface area contributed by atoms with E-state index in [4.69, 9.17) is 0 Å². The van der Waals surface area contributed by atoms with Crippen molar-refractivity contribution in [3.8, 4) is 0 Å². The van der Waals surface area contributed by atoms with Gasteiger partial charge >= 0.3 is 6.03 Å². The fourth-order valence-corrected chi connectivity index (χ4v) is 3.62. The summed E-state index contributed by atoms with van der Waals surface area (Å²) >= 11 is 3.40. The van der Waals surface area contributed by atoms with Crippen LogP contribution < -0.4 is 10.6 Å². The molecule has 2 heterocycles. The molecule has 1 fully saturated rings. The standard InChI is InChI=1S/C17H18BrN5O3/c1-10-8-13(22(3)21-10)19-14(24)9-23-15(25)17(2,20-16(23)26)11-6-4-5-7-12(11)18/h4-8H,9H2,1-3H3,(H,19,24)(H,20,26). The summed E-state index contributed by atoms with van der Waals surface area (Å²) in [5.41, 5.74) is 0.142. The first kappa shape index (κ1) is 18.1. The molecule has 0 saturated carbocycles. The molecule has 0 bridgehead atoms. The van der Waals surface area contributed by atoms with E-state index in [0.717, 1.165) is 10.6 Å². The highest BCUT2D eigenvalue weighted by Crippen LogP contribution is 2.33. The summed E-state index contributed by atoms with van der Waals surface area (Å²) in [6.45, 7) is 3.04. The Hall–Kier alpha value is -2.68. The number of carbonyl (C=O) groups excluding carboxylic acids is 3. The van der Waals surface area contributed by atoms with Crippen LogP contribution in [0.15, 0.2) is 34.8 Å². The Labute approximate surface area is 158 Å². The van der Waals surface area contributed by atoms with Crippen molar-refractivity contribution in [2.75, 3.05) is 11.9 Å². The Morgan fingerprint density at radius 2 is 2.04 bits per heavy atom. The van der Waals surface area contributed by atoms with Gasteiger partial charge in [-0.2, -0.15) is 5.10 Å². The third kappa shape index (κ3) is 3.10. The summed E-state index contributed by atoms with van der Waals surface area (Å²) < 4.78 is 2.22. The smallest absolute Gasteiger partial charge is 0.319 e. The summed E-state index contributed by atoms with van der Waals surface area (Å²) in [6, 6.07) is 8.24. The molecule has 1 unspecified atom stereocenters. The lowest BCUT2D eigenvalue weighted by Crippen LogP contribution is -2.42. The van der Waals surface area contributed by atoms with Gasteiger partial charge in [0.05, 0.1) is 5.69 Å². The molecule has 136 valence electrons. The third-order valence-electron chi connectivity index (χ3n) is 4.26. The number of urea groups is 1. The fraction of sp³-hybridized carbons (Fsp3) is 0.294. The van der Waals surface area contributed by atoms with E-state index in [0.29, 0.717) is 15.9 Å². The Bertz CT molecular complexity index is 910. The average molecular weight is 420 g/mol. The molecule has 1 aromatic heterocycles. The summed E-state index contributed by atoms with van der Waals surface area (Å²) in [5.74, 6) is -0.466. The molecular weight excluding hydrogens is 402 g/mol. The second kappa shape index (κ2) is 6.56. The first-order chi connectivity index (χ1) is 12.2. The molecule has 1 aliphatic rings. The van der Waals surface area contributed by atoms with Crippen molar-refractivity contribution in [1.29, 1.82) is 0 Å². The van der Waals surface area contributed by atoms with Crippen molar-refractivity contribution in [3.63, 3.8) is 0 Å². The van der Waals surface area contributed by atoms with Crippen LogP contribution >= 0.6 is 15.9 Å². The van der Waals surface area contributed by atoms with Gasteiger partial charge in [-0.15, -0.1) is 0 Å². The normalized spacial score (nSPS) is 19.6. The van der Waals surface area contributed by atoms with Crippen LogP contribution in [-0.4, -0.2) is 39.1 Å². The quantitative estimate of drug-likeness (QED) is 0.739. The Balaban J connectivity index is 1.78. The van der Waals surface area contributed by atoms with Gasteiger partial charge < -0.3 is 10.6 Å². The molecule has 2 aromatic rings. The Morgan fingerprint density at radius 1 is 1.35 bits per heavy atom. The highest BCUT2D eigenvalue weighted by atomic mass is 79.9. The molecule has 3 rings (SSSR count). The number of aromatic nitrogens is 2. The van der Waals surface area contributed by atoms with Crippen LogP contribution in [0, 0.1) is 6.92 Å². The molecule has 1 aliphatic heterocycles. The van der Waals surface area contributed by atoms with Gasteiger partial charge in [0.1, 0.15) is 17.9 Å². The minimum Gasteiger partial charge on any atom is -0.319 e. The third-order valence-corrected chi connectivity index (χ3v) is 4.95. The molecule has 1 atom stereocenters. The maximum Gasteiger partial charge on any atom is 0.325 e. The number of benzene rings is 1. The number of nitrogens with one attached hydrogen (secondary N) is 2. The van der Waals surface area contributed by atoms with Gasteiger partial charge in [-0.1, -0.05) is 34.1 Å². The molecular formula is C17H18BrN5O3. The van der Waals surface area contributed by atoms with Gasteiger partial charge in [0.15, 0.2) is 0 Å². The van der Waals surface area contributed by atoms with Gasteiger partial charge in [-0.25, -0.2) is 4.79 Å². The zero-order valence-corrected chi connectivity index (χ0v) is 16.1. The molecule has 1 aromatic carbocycles. The van der Waals surface area contributed by atoms with Crippen molar-refractivity contribution in [3.05, 3.63) is 46.1 Å². The van der Waals surface area contributed by atoms with Crippen LogP contribution in [0.2, 0.25) is 0 Å². The van der Waals surface area contributed by atoms with E-state index >= 15 is 0 Å². The summed E-state index contributed by atoms with van der Waals surface area (Å²) in [5, 5.41) is 9.47. The summed E-state index contributed by atoms with van der Waals surface area (Å²) in [6.07, 6.45) is 0. The van der Waals surface area contributed by atoms with Crippen molar-refractivity contribution in [2.45, 2.75) is 19.4 Å². The summed E-state index contributed by atoms with van der Waals surface area (Å²) in [7, 11) is 1.69. The number of hydrogen-bond acceptors (Lipinski definition) is 4. The van der Waals surface area contributed by atoms with Crippen LogP contribution in [0.1, 0.15) is 18.2 Å². The zero-order valence-electron chi connectivity index (χ0n) is 14.5. The number of halogens is 1. The molecule has 2 N–H and O–H groups in total. The minimum atomic E-state index is -1.24. The molecule has 1 saturated heterocycles. The van der Waals surface area contributed by atoms with Crippen molar-refractivity contribution in [2.24, 2.45) is 7.05 Å². The van der Waals surface area contributed by atoms with E-state index in [2.05, 4.69) is 31.7 Å². The number of imide groups is 1. The van der Waals surface area contributed by atoms with Gasteiger partial charge in [0, 0.05) is 23.2 Å². The van der Waals surface area contributed by atoms with E-state index < -0.39 is 23.4 Å². The van der Waals surface area contributed by atoms with E-state index in [1.807, 2.05) is 6.07 Å². The van der Waals surface area contributed by atoms with Gasteiger partial charge in [-0.05, 0) is 19.9 Å². The Morgan fingerprint density at radius 3 is 2.65 bits per heavy atom. The first-order valence-corrected chi connectivity index (χ1v) is 8.71. The summed E-state index contributed by atoms with van der Waals surface area (Å²) in [4.78, 5) is 38.4. The zero-order chi connectivity index (χ0) is 19.1. The SMILES string of the molecule is Cc1cc(NC(=O)CN2C(=O)NC(C)(c3ccccc3Br)C2=O)n(C)n1. The number of aryl methyl sites for hydroxylation is 2. The lowest BCUT2D eigenvalue weighted by atomic mass is 9.92. The number of hydrogen-bond donors (Lipinski definition) is 2. The lowest BCUT2D eigenvalue weighted by Gasteiger charge is -2.23. The van der Waals surface area contributed by atoms with Crippen molar-refractivity contribution in [1.82, 2.24) is 20.0 Å². The van der Waals surface area contributed by atoms with Crippen LogP contribution in [0.4, 0.5) is 10.6 Å². The maximum absolute atomic E-state index is 12.9. The minimum absolute atomic E-state index is 0.380. The average Bonchev–Trinajstić information content (AvgIpc) is 2.99. The monoisotopic (exact) mass is 419 g/mol. The molecule has 0 radical (unpaired) electrons. The van der Waals surface area contributed by atoms with E-state index in [-0.39, 0.29) is 6.54 Å². The molecule has 4 amide bonds. The lowest BCUT2D eigenvalue weighted by molar-refractivity contribution is -0.133.